The van der Waals surface area contributed by atoms with Gasteiger partial charge in [-0.05, 0) is 39.1 Å². The summed E-state index contributed by atoms with van der Waals surface area (Å²) in [6.45, 7) is 8.00. The predicted molar refractivity (Wildman–Crippen MR) is 105 cm³/mol. The van der Waals surface area contributed by atoms with Gasteiger partial charge in [0.1, 0.15) is 17.6 Å². The molecule has 2 rings (SSSR count). The Morgan fingerprint density at radius 3 is 2.56 bits per heavy atom. The maximum absolute atomic E-state index is 11.5. The molecule has 0 spiro atoms. The summed E-state index contributed by atoms with van der Waals surface area (Å²) in [6.07, 6.45) is 1.46. The van der Waals surface area contributed by atoms with E-state index < -0.39 is 0 Å². The number of hydrogen-bond acceptors (Lipinski definition) is 6. The molecule has 2 aromatic rings. The normalized spacial score (nSPS) is 9.67. The first-order valence-electron chi connectivity index (χ1n) is 8.81. The van der Waals surface area contributed by atoms with Crippen LogP contribution in [0.5, 0.6) is 17.4 Å². The smallest absolute Gasteiger partial charge is 0.238 e. The van der Waals surface area contributed by atoms with Crippen molar-refractivity contribution < 1.29 is 14.3 Å². The summed E-state index contributed by atoms with van der Waals surface area (Å²) in [6, 6.07) is 10.4. The Labute approximate surface area is 160 Å². The van der Waals surface area contributed by atoms with Crippen LogP contribution in [-0.2, 0) is 4.79 Å². The van der Waals surface area contributed by atoms with Crippen molar-refractivity contribution in [1.82, 2.24) is 10.3 Å². The van der Waals surface area contributed by atoms with Crippen molar-refractivity contribution in [2.24, 2.45) is 0 Å². The van der Waals surface area contributed by atoms with Gasteiger partial charge in [0.2, 0.25) is 11.8 Å². The Balaban J connectivity index is 0.00000176. The van der Waals surface area contributed by atoms with E-state index in [1.54, 1.807) is 37.4 Å². The minimum absolute atomic E-state index is 0.0546. The molecule has 7 heteroatoms. The zero-order valence-electron chi connectivity index (χ0n) is 16.4. The van der Waals surface area contributed by atoms with Crippen LogP contribution in [0.15, 0.2) is 36.5 Å². The second kappa shape index (κ2) is 11.5. The highest BCUT2D eigenvalue weighted by Crippen LogP contribution is 2.28. The summed E-state index contributed by atoms with van der Waals surface area (Å²) in [4.78, 5) is 15.7. The number of rotatable bonds is 7. The second-order valence-corrected chi connectivity index (χ2v) is 5.50. The van der Waals surface area contributed by atoms with Crippen molar-refractivity contribution in [2.75, 3.05) is 18.9 Å². The van der Waals surface area contributed by atoms with Gasteiger partial charge in [0.25, 0.3) is 0 Å². The molecule has 1 aromatic heterocycles. The summed E-state index contributed by atoms with van der Waals surface area (Å²) in [5.41, 5.74) is 1.02. The average molecular weight is 370 g/mol. The third kappa shape index (κ3) is 7.34. The number of aromatic nitrogens is 1. The van der Waals surface area contributed by atoms with E-state index in [-0.39, 0.29) is 18.6 Å². The maximum atomic E-state index is 11.5. The van der Waals surface area contributed by atoms with Gasteiger partial charge in [-0.2, -0.15) is 5.26 Å². The summed E-state index contributed by atoms with van der Waals surface area (Å²) in [5.74, 6) is 1.19. The number of benzene rings is 1. The predicted octanol–water partition coefficient (Wildman–Crippen LogP) is 3.72. The van der Waals surface area contributed by atoms with Crippen LogP contribution >= 0.6 is 0 Å². The number of ether oxygens (including phenoxy) is 2. The van der Waals surface area contributed by atoms with E-state index in [9.17, 15) is 4.79 Å². The van der Waals surface area contributed by atoms with E-state index in [2.05, 4.69) is 21.7 Å². The Bertz CT molecular complexity index is 768. The molecule has 0 aliphatic carbocycles. The van der Waals surface area contributed by atoms with E-state index in [0.29, 0.717) is 28.6 Å². The van der Waals surface area contributed by atoms with Gasteiger partial charge in [0.05, 0.1) is 30.1 Å². The minimum atomic E-state index is -0.152. The molecular formula is C20H26N4O3. The van der Waals surface area contributed by atoms with E-state index in [4.69, 9.17) is 14.7 Å². The lowest BCUT2D eigenvalue weighted by Crippen LogP contribution is -2.25. The van der Waals surface area contributed by atoms with Crippen LogP contribution in [0.2, 0.25) is 0 Å². The summed E-state index contributed by atoms with van der Waals surface area (Å²) in [5, 5.41) is 14.6. The Hall–Kier alpha value is -3.11. The molecular weight excluding hydrogens is 344 g/mol. The molecule has 0 unspecified atom stereocenters. The largest absolute Gasteiger partial charge is 0.489 e. The number of carbonyl (C=O) groups excluding carboxylic acids is 1. The second-order valence-electron chi connectivity index (χ2n) is 5.50. The number of nitrogens with one attached hydrogen (secondary N) is 2. The quantitative estimate of drug-likeness (QED) is 0.771. The Morgan fingerprint density at radius 1 is 1.26 bits per heavy atom. The van der Waals surface area contributed by atoms with Crippen LogP contribution in [0.4, 0.5) is 5.69 Å². The molecule has 7 nitrogen and oxygen atoms in total. The minimum Gasteiger partial charge on any atom is -0.489 e. The van der Waals surface area contributed by atoms with Crippen LogP contribution in [-0.4, -0.2) is 30.6 Å². The van der Waals surface area contributed by atoms with Crippen molar-refractivity contribution in [3.63, 3.8) is 0 Å². The monoisotopic (exact) mass is 370 g/mol. The first-order chi connectivity index (χ1) is 13.0. The standard InChI is InChI=1S/C18H20N4O3.C2H6/c1-12(2)24-16-8-15(6-4-13(16)9-19)25-18-7-5-14(10-21-18)22-17(23)11-20-3;1-2/h4-8,10,12,20H,11H2,1-3H3,(H,22,23);1-2H3. The van der Waals surface area contributed by atoms with Gasteiger partial charge in [-0.25, -0.2) is 4.98 Å². The van der Waals surface area contributed by atoms with Gasteiger partial charge in [-0.3, -0.25) is 4.79 Å². The number of amides is 1. The summed E-state index contributed by atoms with van der Waals surface area (Å²) in [7, 11) is 1.70. The first-order valence-corrected chi connectivity index (χ1v) is 8.81. The molecule has 0 bridgehead atoms. The highest BCUT2D eigenvalue weighted by atomic mass is 16.5. The molecule has 0 aliphatic heterocycles. The number of hydrogen-bond donors (Lipinski definition) is 2. The van der Waals surface area contributed by atoms with Crippen molar-refractivity contribution >= 4 is 11.6 Å². The van der Waals surface area contributed by atoms with Gasteiger partial charge in [-0.15, -0.1) is 0 Å². The number of likely N-dealkylation sites (N-methyl/N-ethyl adjacent to an activating group) is 1. The molecule has 1 amide bonds. The first kappa shape index (κ1) is 21.9. The highest BCUT2D eigenvalue weighted by molar-refractivity contribution is 5.92. The van der Waals surface area contributed by atoms with Crippen LogP contribution in [0.25, 0.3) is 0 Å². The van der Waals surface area contributed by atoms with Crippen LogP contribution in [0.1, 0.15) is 33.3 Å². The van der Waals surface area contributed by atoms with Crippen molar-refractivity contribution in [1.29, 1.82) is 5.26 Å². The summed E-state index contributed by atoms with van der Waals surface area (Å²) < 4.78 is 11.3. The van der Waals surface area contributed by atoms with Gasteiger partial charge < -0.3 is 20.1 Å². The van der Waals surface area contributed by atoms with Gasteiger partial charge in [0.15, 0.2) is 0 Å². The average Bonchev–Trinajstić information content (AvgIpc) is 2.65. The zero-order valence-corrected chi connectivity index (χ0v) is 16.4. The number of nitrogens with zero attached hydrogens (tertiary/aromatic N) is 2. The summed E-state index contributed by atoms with van der Waals surface area (Å²) >= 11 is 0. The van der Waals surface area contributed by atoms with Crippen LogP contribution < -0.4 is 20.1 Å². The van der Waals surface area contributed by atoms with Crippen molar-refractivity contribution in [2.45, 2.75) is 33.8 Å². The van der Waals surface area contributed by atoms with Crippen molar-refractivity contribution in [3.05, 3.63) is 42.1 Å². The van der Waals surface area contributed by atoms with E-state index in [1.165, 1.54) is 6.20 Å². The fourth-order valence-corrected chi connectivity index (χ4v) is 2.01. The molecule has 1 heterocycles. The Kier molecular flexibility index (Phi) is 9.34. The number of nitriles is 1. The molecule has 0 atom stereocenters. The number of anilines is 1. The molecule has 0 saturated carbocycles. The fourth-order valence-electron chi connectivity index (χ4n) is 2.01. The molecule has 0 radical (unpaired) electrons. The number of carbonyl (C=O) groups is 1. The highest BCUT2D eigenvalue weighted by Gasteiger charge is 2.09. The van der Waals surface area contributed by atoms with Gasteiger partial charge in [0, 0.05) is 12.1 Å². The molecule has 1 aromatic carbocycles. The Morgan fingerprint density at radius 2 is 2.00 bits per heavy atom. The van der Waals surface area contributed by atoms with Crippen molar-refractivity contribution in [3.8, 4) is 23.4 Å². The lowest BCUT2D eigenvalue weighted by atomic mass is 10.2. The van der Waals surface area contributed by atoms with E-state index in [0.717, 1.165) is 0 Å². The molecule has 27 heavy (non-hydrogen) atoms. The number of pyridine rings is 1. The lowest BCUT2D eigenvalue weighted by molar-refractivity contribution is -0.115. The van der Waals surface area contributed by atoms with Crippen LogP contribution in [0, 0.1) is 11.3 Å². The van der Waals surface area contributed by atoms with Crippen LogP contribution in [0.3, 0.4) is 0 Å². The molecule has 0 fully saturated rings. The zero-order chi connectivity index (χ0) is 20.2. The maximum Gasteiger partial charge on any atom is 0.238 e. The van der Waals surface area contributed by atoms with E-state index >= 15 is 0 Å². The topological polar surface area (TPSA) is 96.3 Å². The fraction of sp³-hybridized carbons (Fsp3) is 0.350. The lowest BCUT2D eigenvalue weighted by Gasteiger charge is -2.13. The van der Waals surface area contributed by atoms with Gasteiger partial charge in [-0.1, -0.05) is 13.8 Å². The SMILES string of the molecule is CC.CNCC(=O)Nc1ccc(Oc2ccc(C#N)c(OC(C)C)c2)nc1. The molecule has 0 aliphatic rings. The third-order valence-electron chi connectivity index (χ3n) is 3.02. The van der Waals surface area contributed by atoms with E-state index in [1.807, 2.05) is 27.7 Å². The third-order valence-corrected chi connectivity index (χ3v) is 3.02. The molecule has 2 N–H and O–H groups in total. The molecule has 0 saturated heterocycles. The van der Waals surface area contributed by atoms with Gasteiger partial charge >= 0.3 is 0 Å². The molecule has 144 valence electrons.